The van der Waals surface area contributed by atoms with E-state index in [9.17, 15) is 4.79 Å². The molecule has 0 unspecified atom stereocenters. The van der Waals surface area contributed by atoms with Crippen LogP contribution in [0.2, 0.25) is 0 Å². The predicted molar refractivity (Wildman–Crippen MR) is 130 cm³/mol. The van der Waals surface area contributed by atoms with Gasteiger partial charge in [-0.1, -0.05) is 78.1 Å². The first-order valence-corrected chi connectivity index (χ1v) is 12.5. The molecular weight excluding hydrogens is 400 g/mol. The quantitative estimate of drug-likeness (QED) is 0.188. The van der Waals surface area contributed by atoms with Gasteiger partial charge in [0, 0.05) is 12.0 Å². The van der Waals surface area contributed by atoms with Gasteiger partial charge in [-0.2, -0.15) is 0 Å². The van der Waals surface area contributed by atoms with Crippen molar-refractivity contribution in [2.24, 2.45) is 0 Å². The summed E-state index contributed by atoms with van der Waals surface area (Å²) in [5.74, 6) is 1.64. The maximum atomic E-state index is 12.0. The molecular formula is C27H40N2O3. The fourth-order valence-electron chi connectivity index (χ4n) is 3.52. The molecule has 0 atom stereocenters. The lowest BCUT2D eigenvalue weighted by molar-refractivity contribution is -0.134. The van der Waals surface area contributed by atoms with Crippen molar-refractivity contribution in [2.45, 2.75) is 97.3 Å². The second-order valence-electron chi connectivity index (χ2n) is 8.37. The van der Waals surface area contributed by atoms with Crippen molar-refractivity contribution in [2.75, 3.05) is 6.61 Å². The van der Waals surface area contributed by atoms with Crippen LogP contribution in [0, 0.1) is 0 Å². The highest BCUT2D eigenvalue weighted by Gasteiger charge is 2.07. The van der Waals surface area contributed by atoms with Crippen LogP contribution < -0.4 is 9.47 Å². The largest absolute Gasteiger partial charge is 0.494 e. The summed E-state index contributed by atoms with van der Waals surface area (Å²) in [4.78, 5) is 20.7. The third-order valence-electron chi connectivity index (χ3n) is 5.47. The van der Waals surface area contributed by atoms with Crippen LogP contribution in [0.1, 0.15) is 97.3 Å². The summed E-state index contributed by atoms with van der Waals surface area (Å²) in [6.07, 6.45) is 18.0. The fraction of sp³-hybridized carbons (Fsp3) is 0.593. The van der Waals surface area contributed by atoms with Crippen LogP contribution in [0.4, 0.5) is 0 Å². The molecule has 0 radical (unpaired) electrons. The number of esters is 1. The van der Waals surface area contributed by atoms with Gasteiger partial charge in [0.2, 0.25) is 0 Å². The molecule has 2 aromatic rings. The molecule has 1 aromatic carbocycles. The van der Waals surface area contributed by atoms with E-state index in [4.69, 9.17) is 9.47 Å². The third kappa shape index (κ3) is 10.7. The van der Waals surface area contributed by atoms with Crippen molar-refractivity contribution >= 4 is 5.97 Å². The molecule has 0 aliphatic heterocycles. The average molecular weight is 441 g/mol. The van der Waals surface area contributed by atoms with Crippen LogP contribution in [-0.2, 0) is 4.79 Å². The first-order chi connectivity index (χ1) is 15.7. The fourth-order valence-corrected chi connectivity index (χ4v) is 3.52. The van der Waals surface area contributed by atoms with Gasteiger partial charge in [0.1, 0.15) is 5.75 Å². The Hall–Kier alpha value is -2.43. The third-order valence-corrected chi connectivity index (χ3v) is 5.47. The molecule has 0 bridgehead atoms. The number of hydrogen-bond donors (Lipinski definition) is 0. The lowest BCUT2D eigenvalue weighted by Crippen LogP contribution is -2.08. The second kappa shape index (κ2) is 16.2. The summed E-state index contributed by atoms with van der Waals surface area (Å²) in [7, 11) is 0. The van der Waals surface area contributed by atoms with Crippen molar-refractivity contribution in [3.63, 3.8) is 0 Å². The number of carbonyl (C=O) groups is 1. The van der Waals surface area contributed by atoms with E-state index in [1.165, 1.54) is 57.8 Å². The Bertz CT molecular complexity index is 745. The van der Waals surface area contributed by atoms with Gasteiger partial charge in [0.25, 0.3) is 0 Å². The van der Waals surface area contributed by atoms with Gasteiger partial charge < -0.3 is 9.47 Å². The topological polar surface area (TPSA) is 61.3 Å². The number of ether oxygens (including phenoxy) is 2. The maximum Gasteiger partial charge on any atom is 0.311 e. The second-order valence-corrected chi connectivity index (χ2v) is 8.37. The molecule has 0 spiro atoms. The van der Waals surface area contributed by atoms with E-state index in [0.29, 0.717) is 18.0 Å². The van der Waals surface area contributed by atoms with Crippen LogP contribution in [0.15, 0.2) is 36.7 Å². The average Bonchev–Trinajstić information content (AvgIpc) is 2.82. The van der Waals surface area contributed by atoms with Crippen LogP contribution in [0.5, 0.6) is 11.5 Å². The first-order valence-electron chi connectivity index (χ1n) is 12.5. The van der Waals surface area contributed by atoms with Gasteiger partial charge in [-0.25, -0.2) is 9.97 Å². The summed E-state index contributed by atoms with van der Waals surface area (Å²) in [6, 6.07) is 7.81. The maximum absolute atomic E-state index is 12.0. The Kier molecular flexibility index (Phi) is 13.1. The Morgan fingerprint density at radius 2 is 1.28 bits per heavy atom. The first kappa shape index (κ1) is 25.8. The lowest BCUT2D eigenvalue weighted by atomic mass is 10.1. The molecule has 1 aromatic heterocycles. The van der Waals surface area contributed by atoms with E-state index in [1.54, 1.807) is 12.4 Å². The summed E-state index contributed by atoms with van der Waals surface area (Å²) in [6.45, 7) is 5.19. The van der Waals surface area contributed by atoms with Crippen LogP contribution in [-0.4, -0.2) is 22.5 Å². The number of unbranched alkanes of at least 4 members (excludes halogenated alkanes) is 10. The van der Waals surface area contributed by atoms with Gasteiger partial charge >= 0.3 is 5.97 Å². The molecule has 2 rings (SSSR count). The van der Waals surface area contributed by atoms with Crippen molar-refractivity contribution < 1.29 is 14.3 Å². The van der Waals surface area contributed by atoms with E-state index < -0.39 is 0 Å². The summed E-state index contributed by atoms with van der Waals surface area (Å²) >= 11 is 0. The zero-order chi connectivity index (χ0) is 22.9. The minimum atomic E-state index is -0.219. The zero-order valence-corrected chi connectivity index (χ0v) is 20.0. The molecule has 32 heavy (non-hydrogen) atoms. The van der Waals surface area contributed by atoms with Crippen LogP contribution >= 0.6 is 0 Å². The van der Waals surface area contributed by atoms with E-state index in [0.717, 1.165) is 37.2 Å². The smallest absolute Gasteiger partial charge is 0.311 e. The predicted octanol–water partition coefficient (Wildman–Crippen LogP) is 7.54. The lowest BCUT2D eigenvalue weighted by Gasteiger charge is -2.08. The Morgan fingerprint density at radius 1 is 0.719 bits per heavy atom. The molecule has 0 aliphatic carbocycles. The minimum Gasteiger partial charge on any atom is -0.494 e. The summed E-state index contributed by atoms with van der Waals surface area (Å²) < 4.78 is 11.2. The van der Waals surface area contributed by atoms with Crippen molar-refractivity contribution in [1.82, 2.24) is 9.97 Å². The molecule has 0 aliphatic rings. The molecule has 5 heteroatoms. The van der Waals surface area contributed by atoms with Gasteiger partial charge in [-0.15, -0.1) is 0 Å². The zero-order valence-electron chi connectivity index (χ0n) is 20.0. The molecule has 176 valence electrons. The van der Waals surface area contributed by atoms with Crippen molar-refractivity contribution in [1.29, 1.82) is 0 Å². The van der Waals surface area contributed by atoms with Crippen molar-refractivity contribution in [3.05, 3.63) is 36.7 Å². The molecule has 0 fully saturated rings. The Labute approximate surface area is 194 Å². The number of hydrogen-bond acceptors (Lipinski definition) is 5. The SMILES string of the molecule is CCCCCCCCOc1ccc(-c2ncc(OC(=O)CCCCCCCC)cn2)cc1. The standard InChI is InChI=1S/C27H40N2O3/c1-3-5-7-9-11-13-15-26(30)32-25-21-28-27(29-22-25)23-16-18-24(19-17-23)31-20-14-12-10-8-6-4-2/h16-19,21-22H,3-15,20H2,1-2H3. The number of nitrogens with zero attached hydrogens (tertiary/aromatic N) is 2. The van der Waals surface area contributed by atoms with Gasteiger partial charge in [-0.05, 0) is 37.1 Å². The van der Waals surface area contributed by atoms with Gasteiger partial charge in [-0.3, -0.25) is 4.79 Å². The van der Waals surface area contributed by atoms with E-state index in [2.05, 4.69) is 23.8 Å². The molecule has 0 amide bonds. The minimum absolute atomic E-state index is 0.219. The molecule has 0 N–H and O–H groups in total. The highest BCUT2D eigenvalue weighted by Crippen LogP contribution is 2.21. The summed E-state index contributed by atoms with van der Waals surface area (Å²) in [5.41, 5.74) is 0.905. The monoisotopic (exact) mass is 440 g/mol. The summed E-state index contributed by atoms with van der Waals surface area (Å²) in [5, 5.41) is 0. The Morgan fingerprint density at radius 3 is 1.91 bits per heavy atom. The van der Waals surface area contributed by atoms with Crippen LogP contribution in [0.3, 0.4) is 0 Å². The van der Waals surface area contributed by atoms with Gasteiger partial charge in [0.15, 0.2) is 11.6 Å². The number of aromatic nitrogens is 2. The number of rotatable bonds is 17. The Balaban J connectivity index is 1.69. The molecule has 0 saturated carbocycles. The number of carbonyl (C=O) groups excluding carboxylic acids is 1. The van der Waals surface area contributed by atoms with E-state index in [1.807, 2.05) is 24.3 Å². The molecule has 0 saturated heterocycles. The highest BCUT2D eigenvalue weighted by atomic mass is 16.5. The normalized spacial score (nSPS) is 10.8. The molecule has 1 heterocycles. The molecule has 5 nitrogen and oxygen atoms in total. The van der Waals surface area contributed by atoms with Crippen LogP contribution in [0.25, 0.3) is 11.4 Å². The number of benzene rings is 1. The van der Waals surface area contributed by atoms with Gasteiger partial charge in [0.05, 0.1) is 19.0 Å². The van der Waals surface area contributed by atoms with E-state index in [-0.39, 0.29) is 5.97 Å². The highest BCUT2D eigenvalue weighted by molar-refractivity contribution is 5.72. The van der Waals surface area contributed by atoms with Crippen molar-refractivity contribution in [3.8, 4) is 22.9 Å². The van der Waals surface area contributed by atoms with E-state index >= 15 is 0 Å².